The number of thiazole rings is 1. The van der Waals surface area contributed by atoms with Gasteiger partial charge in [-0.15, -0.1) is 0 Å². The predicted molar refractivity (Wildman–Crippen MR) is 200 cm³/mol. The van der Waals surface area contributed by atoms with Crippen LogP contribution >= 0.6 is 34.5 Å². The summed E-state index contributed by atoms with van der Waals surface area (Å²) in [5, 5.41) is 2.77. The van der Waals surface area contributed by atoms with E-state index in [9.17, 15) is 14.4 Å². The number of carbonyl (C=O) groups is 2. The molecule has 1 aliphatic rings. The van der Waals surface area contributed by atoms with Gasteiger partial charge in [-0.3, -0.25) is 9.36 Å². The fourth-order valence-corrected chi connectivity index (χ4v) is 7.54. The minimum atomic E-state index is -0.934. The summed E-state index contributed by atoms with van der Waals surface area (Å²) in [6.07, 6.45) is 1.66. The second-order valence-corrected chi connectivity index (χ2v) is 13.4. The number of esters is 2. The average Bonchev–Trinajstić information content (AvgIpc) is 3.43. The van der Waals surface area contributed by atoms with Crippen LogP contribution < -0.4 is 29.1 Å². The van der Waals surface area contributed by atoms with Crippen molar-refractivity contribution in [2.45, 2.75) is 33.4 Å². The number of hydrogen-bond acceptors (Lipinski definition) is 10. The average molecular weight is 762 g/mol. The number of hydrogen-bond donors (Lipinski definition) is 0. The van der Waals surface area contributed by atoms with E-state index in [1.807, 2.05) is 42.5 Å². The van der Waals surface area contributed by atoms with E-state index in [-0.39, 0.29) is 42.8 Å². The van der Waals surface area contributed by atoms with Gasteiger partial charge in [0.2, 0.25) is 0 Å². The summed E-state index contributed by atoms with van der Waals surface area (Å²) in [5.41, 5.74) is 2.16. The number of halogens is 2. The minimum Gasteiger partial charge on any atom is -0.490 e. The van der Waals surface area contributed by atoms with Crippen LogP contribution in [0.1, 0.15) is 43.5 Å². The topological polar surface area (TPSA) is 115 Å². The number of rotatable bonds is 12. The van der Waals surface area contributed by atoms with Gasteiger partial charge in [-0.05, 0) is 73.0 Å². The van der Waals surface area contributed by atoms with E-state index in [1.54, 1.807) is 57.2 Å². The summed E-state index contributed by atoms with van der Waals surface area (Å²) in [7, 11) is 1.26. The van der Waals surface area contributed by atoms with Gasteiger partial charge in [-0.25, -0.2) is 14.6 Å². The van der Waals surface area contributed by atoms with Gasteiger partial charge in [-0.2, -0.15) is 0 Å². The first-order valence-corrected chi connectivity index (χ1v) is 17.9. The zero-order chi connectivity index (χ0) is 36.9. The summed E-state index contributed by atoms with van der Waals surface area (Å²) in [6, 6.07) is 21.3. The standard InChI is InChI=1S/C39H34Cl2N2O8S/c1-5-48-31-17-24(14-15-30(31)50-21-33(44)47-4)35-34(38(46)49-6-2)22(3)42-39-43(35)37(45)32(52-39)18-26-16-27(40)19-29(41)36(26)51-20-25-12-9-11-23-10-7-8-13-28(23)25/h7-19,35H,5-6,20-21H2,1-4H3/b32-18+/t35-/m1/s1. The van der Waals surface area contributed by atoms with Crippen LogP contribution in [-0.2, 0) is 25.7 Å². The van der Waals surface area contributed by atoms with Crippen LogP contribution in [0.3, 0.4) is 0 Å². The van der Waals surface area contributed by atoms with Crippen molar-refractivity contribution in [3.05, 3.63) is 130 Å². The van der Waals surface area contributed by atoms with Crippen LogP contribution in [0.2, 0.25) is 10.0 Å². The normalized spacial score (nSPS) is 14.1. The lowest BCUT2D eigenvalue weighted by Crippen LogP contribution is -2.40. The van der Waals surface area contributed by atoms with E-state index >= 15 is 0 Å². The lowest BCUT2D eigenvalue weighted by Gasteiger charge is -2.25. The fourth-order valence-electron chi connectivity index (χ4n) is 5.93. The van der Waals surface area contributed by atoms with Gasteiger partial charge >= 0.3 is 11.9 Å². The molecule has 268 valence electrons. The zero-order valence-electron chi connectivity index (χ0n) is 28.7. The highest BCUT2D eigenvalue weighted by atomic mass is 35.5. The van der Waals surface area contributed by atoms with Gasteiger partial charge in [0.1, 0.15) is 12.4 Å². The monoisotopic (exact) mass is 760 g/mol. The molecule has 5 aromatic rings. The smallest absolute Gasteiger partial charge is 0.343 e. The van der Waals surface area contributed by atoms with Gasteiger partial charge in [0.05, 0.1) is 47.2 Å². The zero-order valence-corrected chi connectivity index (χ0v) is 31.1. The van der Waals surface area contributed by atoms with Gasteiger partial charge < -0.3 is 23.7 Å². The molecule has 0 saturated carbocycles. The lowest BCUT2D eigenvalue weighted by atomic mass is 9.95. The summed E-state index contributed by atoms with van der Waals surface area (Å²) in [5.74, 6) is -0.225. The third kappa shape index (κ3) is 7.57. The molecule has 6 rings (SSSR count). The number of carbonyl (C=O) groups excluding carboxylic acids is 2. The van der Waals surface area contributed by atoms with Crippen LogP contribution in [0.4, 0.5) is 0 Å². The van der Waals surface area contributed by atoms with Crippen molar-refractivity contribution < 1.29 is 33.3 Å². The summed E-state index contributed by atoms with van der Waals surface area (Å²) in [4.78, 5) is 44.7. The van der Waals surface area contributed by atoms with Gasteiger partial charge in [-0.1, -0.05) is 83.1 Å². The van der Waals surface area contributed by atoms with Crippen molar-refractivity contribution in [3.8, 4) is 17.2 Å². The van der Waals surface area contributed by atoms with Crippen LogP contribution in [0.25, 0.3) is 16.8 Å². The Morgan fingerprint density at radius 1 is 0.942 bits per heavy atom. The molecule has 0 bridgehead atoms. The van der Waals surface area contributed by atoms with Crippen molar-refractivity contribution in [1.29, 1.82) is 0 Å². The molecular weight excluding hydrogens is 727 g/mol. The Bertz CT molecular complexity index is 2400. The van der Waals surface area contributed by atoms with Crippen molar-refractivity contribution in [2.75, 3.05) is 26.9 Å². The molecule has 13 heteroatoms. The largest absolute Gasteiger partial charge is 0.490 e. The van der Waals surface area contributed by atoms with E-state index < -0.39 is 23.5 Å². The molecule has 0 saturated heterocycles. The molecule has 1 aromatic heterocycles. The molecule has 1 atom stereocenters. The van der Waals surface area contributed by atoms with Crippen LogP contribution in [0.5, 0.6) is 17.2 Å². The van der Waals surface area contributed by atoms with Gasteiger partial charge in [0, 0.05) is 10.6 Å². The van der Waals surface area contributed by atoms with Crippen molar-refractivity contribution in [1.82, 2.24) is 4.57 Å². The molecule has 0 N–H and O–H groups in total. The minimum absolute atomic E-state index is 0.119. The number of aromatic nitrogens is 1. The van der Waals surface area contributed by atoms with E-state index in [0.29, 0.717) is 42.7 Å². The first-order valence-electron chi connectivity index (χ1n) is 16.4. The molecule has 0 aliphatic carbocycles. The Labute approximate surface area is 313 Å². The van der Waals surface area contributed by atoms with E-state index in [2.05, 4.69) is 4.99 Å². The summed E-state index contributed by atoms with van der Waals surface area (Å²) in [6.45, 7) is 5.49. The molecule has 0 unspecified atom stereocenters. The van der Waals surface area contributed by atoms with E-state index in [1.165, 1.54) is 11.7 Å². The maximum atomic E-state index is 14.4. The molecule has 0 fully saturated rings. The molecule has 4 aromatic carbocycles. The second kappa shape index (κ2) is 16.1. The number of allylic oxidation sites excluding steroid dienone is 1. The Hall–Kier alpha value is -5.10. The third-order valence-corrected chi connectivity index (χ3v) is 9.73. The van der Waals surface area contributed by atoms with Crippen molar-refractivity contribution in [3.63, 3.8) is 0 Å². The number of fused-ring (bicyclic) bond motifs is 2. The molecule has 1 aliphatic heterocycles. The SMILES string of the molecule is CCOC(=O)C1=C(C)N=c2s/c(=C/c3cc(Cl)cc(Cl)c3OCc3cccc4ccccc34)c(=O)n2[C@@H]1c1ccc(OCC(=O)OC)c(OCC)c1. The lowest BCUT2D eigenvalue weighted by molar-refractivity contribution is -0.143. The highest BCUT2D eigenvalue weighted by Gasteiger charge is 2.34. The first-order chi connectivity index (χ1) is 25.1. The highest BCUT2D eigenvalue weighted by Crippen LogP contribution is 2.37. The summed E-state index contributed by atoms with van der Waals surface area (Å²) >= 11 is 14.3. The Balaban J connectivity index is 1.46. The third-order valence-electron chi connectivity index (χ3n) is 8.25. The maximum absolute atomic E-state index is 14.4. The van der Waals surface area contributed by atoms with Crippen LogP contribution in [-0.4, -0.2) is 43.4 Å². The Kier molecular flexibility index (Phi) is 11.3. The number of nitrogens with zero attached hydrogens (tertiary/aromatic N) is 2. The quantitative estimate of drug-likeness (QED) is 0.128. The number of benzene rings is 4. The molecular formula is C39H34Cl2N2O8S. The maximum Gasteiger partial charge on any atom is 0.343 e. The second-order valence-electron chi connectivity index (χ2n) is 11.5. The number of ether oxygens (including phenoxy) is 5. The van der Waals surface area contributed by atoms with Crippen LogP contribution in [0, 0.1) is 0 Å². The highest BCUT2D eigenvalue weighted by molar-refractivity contribution is 7.07. The fraction of sp³-hybridized carbons (Fsp3) is 0.231. The molecule has 0 amide bonds. The van der Waals surface area contributed by atoms with Gasteiger partial charge in [0.15, 0.2) is 22.9 Å². The van der Waals surface area contributed by atoms with E-state index in [0.717, 1.165) is 27.7 Å². The molecule has 0 spiro atoms. The van der Waals surface area contributed by atoms with Gasteiger partial charge in [0.25, 0.3) is 5.56 Å². The Morgan fingerprint density at radius 2 is 1.73 bits per heavy atom. The van der Waals surface area contributed by atoms with E-state index in [4.69, 9.17) is 46.9 Å². The summed E-state index contributed by atoms with van der Waals surface area (Å²) < 4.78 is 29.7. The predicted octanol–water partition coefficient (Wildman–Crippen LogP) is 6.79. The molecule has 2 heterocycles. The molecule has 52 heavy (non-hydrogen) atoms. The van der Waals surface area contributed by atoms with Crippen molar-refractivity contribution >= 4 is 63.3 Å². The first kappa shape index (κ1) is 36.7. The molecule has 10 nitrogen and oxygen atoms in total. The van der Waals surface area contributed by atoms with Crippen molar-refractivity contribution in [2.24, 2.45) is 4.99 Å². The Morgan fingerprint density at radius 3 is 2.50 bits per heavy atom. The number of methoxy groups -OCH3 is 1. The van der Waals surface area contributed by atoms with Crippen LogP contribution in [0.15, 0.2) is 93.9 Å². The molecule has 0 radical (unpaired) electrons.